The molecule has 190 valence electrons. The van der Waals surface area contributed by atoms with E-state index < -0.39 is 0 Å². The van der Waals surface area contributed by atoms with Crippen LogP contribution in [0.4, 0.5) is 0 Å². The monoisotopic (exact) mass is 496 g/mol. The fourth-order valence-electron chi connectivity index (χ4n) is 5.31. The molecule has 1 aliphatic carbocycles. The normalized spacial score (nSPS) is 19.0. The Hall–Kier alpha value is -2.34. The van der Waals surface area contributed by atoms with Gasteiger partial charge in [-0.25, -0.2) is 0 Å². The van der Waals surface area contributed by atoms with E-state index in [1.54, 1.807) is 11.3 Å². The van der Waals surface area contributed by atoms with Gasteiger partial charge in [-0.05, 0) is 73.2 Å². The van der Waals surface area contributed by atoms with Gasteiger partial charge in [0.25, 0.3) is 0 Å². The molecule has 0 saturated heterocycles. The van der Waals surface area contributed by atoms with E-state index in [1.165, 1.54) is 16.0 Å². The highest BCUT2D eigenvalue weighted by Gasteiger charge is 2.36. The van der Waals surface area contributed by atoms with Crippen molar-refractivity contribution in [2.45, 2.75) is 84.2 Å². The first-order valence-corrected chi connectivity index (χ1v) is 14.2. The molecule has 35 heavy (non-hydrogen) atoms. The van der Waals surface area contributed by atoms with Crippen molar-refractivity contribution in [2.75, 3.05) is 19.7 Å². The molecule has 1 aromatic heterocycles. The van der Waals surface area contributed by atoms with E-state index >= 15 is 0 Å². The van der Waals surface area contributed by atoms with Crippen LogP contribution in [0.5, 0.6) is 5.75 Å². The maximum atomic E-state index is 13.7. The van der Waals surface area contributed by atoms with Gasteiger partial charge in [-0.15, -0.1) is 11.3 Å². The second-order valence-corrected chi connectivity index (χ2v) is 11.4. The van der Waals surface area contributed by atoms with Crippen molar-refractivity contribution in [2.24, 2.45) is 5.92 Å². The Balaban J connectivity index is 1.49. The third-order valence-electron chi connectivity index (χ3n) is 7.79. The van der Waals surface area contributed by atoms with Gasteiger partial charge in [0.15, 0.2) is 0 Å². The first-order valence-electron chi connectivity index (χ1n) is 13.3. The smallest absolute Gasteiger partial charge is 0.242 e. The number of benzene rings is 1. The molecule has 2 amide bonds. The molecular weight excluding hydrogens is 456 g/mol. The third kappa shape index (κ3) is 5.91. The summed E-state index contributed by atoms with van der Waals surface area (Å²) in [7, 11) is 0. The molecular formula is C29H40N2O3S. The summed E-state index contributed by atoms with van der Waals surface area (Å²) < 4.78 is 6.22. The van der Waals surface area contributed by atoms with Crippen LogP contribution in [0.25, 0.3) is 0 Å². The van der Waals surface area contributed by atoms with Crippen LogP contribution in [0.1, 0.15) is 87.8 Å². The van der Waals surface area contributed by atoms with E-state index in [9.17, 15) is 9.59 Å². The van der Waals surface area contributed by atoms with Gasteiger partial charge in [0.2, 0.25) is 11.8 Å². The van der Waals surface area contributed by atoms with Gasteiger partial charge in [-0.3, -0.25) is 9.59 Å². The number of carbonyl (C=O) groups excluding carboxylic acids is 2. The zero-order valence-electron chi connectivity index (χ0n) is 21.7. The van der Waals surface area contributed by atoms with Crippen LogP contribution in [0.3, 0.4) is 0 Å². The zero-order valence-corrected chi connectivity index (χ0v) is 22.5. The number of thiophene rings is 1. The van der Waals surface area contributed by atoms with Gasteiger partial charge < -0.3 is 14.5 Å². The number of hydrogen-bond acceptors (Lipinski definition) is 4. The molecule has 6 heteroatoms. The summed E-state index contributed by atoms with van der Waals surface area (Å²) in [5.41, 5.74) is 2.47. The highest BCUT2D eigenvalue weighted by atomic mass is 32.1. The molecule has 2 aromatic rings. The number of nitrogens with zero attached hydrogens (tertiary/aromatic N) is 2. The van der Waals surface area contributed by atoms with E-state index in [2.05, 4.69) is 51.3 Å². The number of ether oxygens (including phenoxy) is 1. The predicted molar refractivity (Wildman–Crippen MR) is 142 cm³/mol. The van der Waals surface area contributed by atoms with E-state index in [0.29, 0.717) is 19.1 Å². The molecule has 0 N–H and O–H groups in total. The summed E-state index contributed by atoms with van der Waals surface area (Å²) in [5.74, 6) is 1.56. The summed E-state index contributed by atoms with van der Waals surface area (Å²) in [6.07, 6.45) is 5.84. The summed E-state index contributed by atoms with van der Waals surface area (Å²) in [6.45, 7) is 9.75. The lowest BCUT2D eigenvalue weighted by Crippen LogP contribution is -2.51. The molecule has 4 rings (SSSR count). The Morgan fingerprint density at radius 2 is 1.83 bits per heavy atom. The van der Waals surface area contributed by atoms with Gasteiger partial charge >= 0.3 is 0 Å². The second-order valence-electron chi connectivity index (χ2n) is 10.4. The molecule has 1 fully saturated rings. The largest absolute Gasteiger partial charge is 0.491 e. The number of fused-ring (bicyclic) bond motifs is 1. The third-order valence-corrected chi connectivity index (χ3v) is 8.78. The molecule has 2 aliphatic rings. The maximum absolute atomic E-state index is 13.7. The van der Waals surface area contributed by atoms with Gasteiger partial charge in [-0.1, -0.05) is 45.7 Å². The minimum absolute atomic E-state index is 0.0252. The predicted octanol–water partition coefficient (Wildman–Crippen LogP) is 6.19. The van der Waals surface area contributed by atoms with E-state index in [-0.39, 0.29) is 36.4 Å². The van der Waals surface area contributed by atoms with E-state index in [0.717, 1.165) is 44.3 Å². The van der Waals surface area contributed by atoms with Gasteiger partial charge in [0.1, 0.15) is 18.9 Å². The first-order chi connectivity index (χ1) is 16.9. The Labute approximate surface area is 214 Å². The van der Waals surface area contributed by atoms with Crippen molar-refractivity contribution in [3.8, 4) is 5.75 Å². The maximum Gasteiger partial charge on any atom is 0.242 e. The fourth-order valence-corrected chi connectivity index (χ4v) is 6.24. The van der Waals surface area contributed by atoms with Crippen LogP contribution >= 0.6 is 11.3 Å². The van der Waals surface area contributed by atoms with E-state index in [4.69, 9.17) is 4.74 Å². The fraction of sp³-hybridized carbons (Fsp3) is 0.586. The van der Waals surface area contributed by atoms with Gasteiger partial charge in [0, 0.05) is 23.4 Å². The Bertz CT molecular complexity index is 994. The average molecular weight is 497 g/mol. The standard InChI is InChI=1S/C29H40N2O3S/c1-5-21(4)31(29(33)23-8-6-7-9-23)18-28(32)30-16-14-27-25(15-17-35-27)26(30)19-34-24-12-10-22(11-13-24)20(2)3/h10-13,15,17,20-21,23,26H,5-9,14,16,18-19H2,1-4H3/t21-,26-/m0/s1. The Morgan fingerprint density at radius 1 is 1.11 bits per heavy atom. The van der Waals surface area contributed by atoms with Crippen molar-refractivity contribution in [1.29, 1.82) is 0 Å². The molecule has 1 saturated carbocycles. The topological polar surface area (TPSA) is 49.9 Å². The van der Waals surface area contributed by atoms with Gasteiger partial charge in [-0.2, -0.15) is 0 Å². The SMILES string of the molecule is CC[C@H](C)N(CC(=O)N1CCc2sccc2[C@@H]1COc1ccc(C(C)C)cc1)C(=O)C1CCCC1. The van der Waals surface area contributed by atoms with Crippen molar-refractivity contribution in [3.05, 3.63) is 51.7 Å². The molecule has 0 bridgehead atoms. The van der Waals surface area contributed by atoms with Crippen molar-refractivity contribution in [3.63, 3.8) is 0 Å². The average Bonchev–Trinajstić information content (AvgIpc) is 3.57. The Kier molecular flexibility index (Phi) is 8.53. The quantitative estimate of drug-likeness (QED) is 0.416. The van der Waals surface area contributed by atoms with Crippen LogP contribution in [0, 0.1) is 5.92 Å². The summed E-state index contributed by atoms with van der Waals surface area (Å²) in [6, 6.07) is 10.3. The highest BCUT2D eigenvalue weighted by molar-refractivity contribution is 7.10. The summed E-state index contributed by atoms with van der Waals surface area (Å²) in [5, 5.41) is 2.11. The van der Waals surface area contributed by atoms with Crippen molar-refractivity contribution < 1.29 is 14.3 Å². The molecule has 2 atom stereocenters. The van der Waals surface area contributed by atoms with Crippen LogP contribution in [0.15, 0.2) is 35.7 Å². The van der Waals surface area contributed by atoms with Gasteiger partial charge in [0.05, 0.1) is 6.04 Å². The van der Waals surface area contributed by atoms with Crippen LogP contribution < -0.4 is 4.74 Å². The van der Waals surface area contributed by atoms with E-state index in [1.807, 2.05) is 21.9 Å². The lowest BCUT2D eigenvalue weighted by molar-refractivity contribution is -0.146. The lowest BCUT2D eigenvalue weighted by atomic mass is 10.00. The molecule has 5 nitrogen and oxygen atoms in total. The van der Waals surface area contributed by atoms with Crippen molar-refractivity contribution >= 4 is 23.2 Å². The molecule has 0 spiro atoms. The number of carbonyl (C=O) groups is 2. The minimum Gasteiger partial charge on any atom is -0.491 e. The molecule has 0 radical (unpaired) electrons. The number of amides is 2. The molecule has 1 aromatic carbocycles. The van der Waals surface area contributed by atoms with Crippen LogP contribution in [-0.2, 0) is 16.0 Å². The molecule has 1 aliphatic heterocycles. The van der Waals surface area contributed by atoms with Crippen LogP contribution in [-0.4, -0.2) is 47.4 Å². The molecule has 2 heterocycles. The second kappa shape index (κ2) is 11.6. The molecule has 0 unspecified atom stereocenters. The summed E-state index contributed by atoms with van der Waals surface area (Å²) in [4.78, 5) is 32.2. The minimum atomic E-state index is -0.136. The zero-order chi connectivity index (χ0) is 24.9. The Morgan fingerprint density at radius 3 is 2.49 bits per heavy atom. The highest BCUT2D eigenvalue weighted by Crippen LogP contribution is 2.35. The summed E-state index contributed by atoms with van der Waals surface area (Å²) >= 11 is 1.76. The van der Waals surface area contributed by atoms with Crippen LogP contribution in [0.2, 0.25) is 0 Å². The lowest BCUT2D eigenvalue weighted by Gasteiger charge is -2.38. The number of rotatable bonds is 9. The first kappa shape index (κ1) is 25.7. The van der Waals surface area contributed by atoms with Crippen molar-refractivity contribution in [1.82, 2.24) is 9.80 Å². The number of hydrogen-bond donors (Lipinski definition) is 0.